The maximum atomic E-state index is 11.8. The van der Waals surface area contributed by atoms with Gasteiger partial charge in [0.1, 0.15) is 18.1 Å². The van der Waals surface area contributed by atoms with Crippen molar-refractivity contribution < 1.29 is 14.3 Å². The van der Waals surface area contributed by atoms with E-state index in [1.54, 1.807) is 30.3 Å². The fourth-order valence-electron chi connectivity index (χ4n) is 2.11. The predicted molar refractivity (Wildman–Crippen MR) is 98.7 cm³/mol. The summed E-state index contributed by atoms with van der Waals surface area (Å²) >= 11 is 1.54. The van der Waals surface area contributed by atoms with E-state index in [0.717, 1.165) is 22.0 Å². The fourth-order valence-corrected chi connectivity index (χ4v) is 2.69. The molecule has 0 aliphatic carbocycles. The van der Waals surface area contributed by atoms with Crippen molar-refractivity contribution in [2.75, 3.05) is 0 Å². The number of aromatic nitrogens is 1. The van der Waals surface area contributed by atoms with Crippen molar-refractivity contribution >= 4 is 23.4 Å². The minimum absolute atomic E-state index is 0.441. The molecule has 25 heavy (non-hydrogen) atoms. The summed E-state index contributed by atoms with van der Waals surface area (Å²) in [4.78, 5) is 16.1. The second kappa shape index (κ2) is 8.26. The lowest BCUT2D eigenvalue weighted by Gasteiger charge is -2.07. The van der Waals surface area contributed by atoms with E-state index >= 15 is 0 Å². The van der Waals surface area contributed by atoms with Crippen molar-refractivity contribution in [2.24, 2.45) is 0 Å². The number of nitrogens with zero attached hydrogens (tertiary/aromatic N) is 1. The molecule has 2 aromatic carbocycles. The first-order chi connectivity index (χ1) is 12.2. The lowest BCUT2D eigenvalue weighted by Crippen LogP contribution is -2.03. The van der Waals surface area contributed by atoms with Crippen LogP contribution in [0.25, 0.3) is 6.08 Å². The number of thiazole rings is 1. The Morgan fingerprint density at radius 2 is 1.80 bits per heavy atom. The summed E-state index contributed by atoms with van der Waals surface area (Å²) in [5.74, 6) is 0.747. The molecule has 0 aliphatic heterocycles. The van der Waals surface area contributed by atoms with Gasteiger partial charge >= 0.3 is 5.97 Å². The largest absolute Gasteiger partial charge is 0.489 e. The standard InChI is InChI=1S/C20H17NO3S/c1-15-21-17(14-25-15)7-12-20(22)24-19-10-8-18(9-11-19)23-13-16-5-3-2-4-6-16/h2-12,14H,13H2,1H3/b12-7+. The molecule has 0 fully saturated rings. The normalized spacial score (nSPS) is 10.8. The second-order valence-corrected chi connectivity index (χ2v) is 6.35. The van der Waals surface area contributed by atoms with Crippen LogP contribution in [0.5, 0.6) is 11.5 Å². The third-order valence-corrected chi connectivity index (χ3v) is 4.11. The topological polar surface area (TPSA) is 48.4 Å². The van der Waals surface area contributed by atoms with Crippen molar-refractivity contribution in [3.8, 4) is 11.5 Å². The second-order valence-electron chi connectivity index (χ2n) is 5.29. The average Bonchev–Trinajstić information content (AvgIpc) is 3.06. The Kier molecular flexibility index (Phi) is 5.59. The van der Waals surface area contributed by atoms with Gasteiger partial charge in [-0.3, -0.25) is 0 Å². The van der Waals surface area contributed by atoms with Crippen molar-refractivity contribution in [3.05, 3.63) is 82.3 Å². The summed E-state index contributed by atoms with van der Waals surface area (Å²) < 4.78 is 11.0. The Bertz CT molecular complexity index is 854. The van der Waals surface area contributed by atoms with Crippen LogP contribution < -0.4 is 9.47 Å². The monoisotopic (exact) mass is 351 g/mol. The first-order valence-electron chi connectivity index (χ1n) is 7.78. The zero-order valence-corrected chi connectivity index (χ0v) is 14.5. The van der Waals surface area contributed by atoms with Gasteiger partial charge in [-0.1, -0.05) is 30.3 Å². The van der Waals surface area contributed by atoms with Crippen LogP contribution in [0, 0.1) is 6.92 Å². The first-order valence-corrected chi connectivity index (χ1v) is 8.66. The van der Waals surface area contributed by atoms with Gasteiger partial charge in [-0.05, 0) is 42.8 Å². The highest BCUT2D eigenvalue weighted by atomic mass is 32.1. The minimum Gasteiger partial charge on any atom is -0.489 e. The third-order valence-electron chi connectivity index (χ3n) is 3.32. The lowest BCUT2D eigenvalue weighted by atomic mass is 10.2. The molecule has 1 heterocycles. The molecule has 5 heteroatoms. The number of carbonyl (C=O) groups excluding carboxylic acids is 1. The van der Waals surface area contributed by atoms with Crippen LogP contribution in [0.1, 0.15) is 16.3 Å². The van der Waals surface area contributed by atoms with Crippen LogP contribution in [-0.4, -0.2) is 11.0 Å². The van der Waals surface area contributed by atoms with Crippen LogP contribution in [0.15, 0.2) is 66.1 Å². The van der Waals surface area contributed by atoms with Gasteiger partial charge in [-0.2, -0.15) is 0 Å². The maximum absolute atomic E-state index is 11.8. The van der Waals surface area contributed by atoms with E-state index in [1.165, 1.54) is 17.4 Å². The number of rotatable bonds is 6. The summed E-state index contributed by atoms with van der Waals surface area (Å²) in [7, 11) is 0. The van der Waals surface area contributed by atoms with E-state index in [9.17, 15) is 4.79 Å². The van der Waals surface area contributed by atoms with E-state index in [2.05, 4.69) is 4.98 Å². The summed E-state index contributed by atoms with van der Waals surface area (Å²) in [5, 5.41) is 2.84. The van der Waals surface area contributed by atoms with Gasteiger partial charge in [0, 0.05) is 11.5 Å². The number of hydrogen-bond acceptors (Lipinski definition) is 5. The average molecular weight is 351 g/mol. The molecular weight excluding hydrogens is 334 g/mol. The molecule has 0 saturated heterocycles. The number of benzene rings is 2. The molecule has 0 radical (unpaired) electrons. The molecule has 0 aliphatic rings. The van der Waals surface area contributed by atoms with Gasteiger partial charge in [-0.15, -0.1) is 11.3 Å². The smallest absolute Gasteiger partial charge is 0.336 e. The fraction of sp³-hybridized carbons (Fsp3) is 0.100. The van der Waals surface area contributed by atoms with Crippen molar-refractivity contribution in [3.63, 3.8) is 0 Å². The number of ether oxygens (including phenoxy) is 2. The van der Waals surface area contributed by atoms with E-state index in [4.69, 9.17) is 9.47 Å². The highest BCUT2D eigenvalue weighted by Gasteiger charge is 2.02. The maximum Gasteiger partial charge on any atom is 0.336 e. The minimum atomic E-state index is -0.441. The van der Waals surface area contributed by atoms with E-state index in [-0.39, 0.29) is 0 Å². The molecule has 0 N–H and O–H groups in total. The van der Waals surface area contributed by atoms with Gasteiger partial charge in [0.25, 0.3) is 0 Å². The molecule has 3 rings (SSSR count). The number of carbonyl (C=O) groups is 1. The van der Waals surface area contributed by atoms with Crippen LogP contribution in [0.3, 0.4) is 0 Å². The molecule has 0 atom stereocenters. The number of hydrogen-bond donors (Lipinski definition) is 0. The molecule has 0 bridgehead atoms. The zero-order chi connectivity index (χ0) is 17.5. The van der Waals surface area contributed by atoms with Gasteiger partial charge in [0.15, 0.2) is 0 Å². The lowest BCUT2D eigenvalue weighted by molar-refractivity contribution is -0.128. The number of aryl methyl sites for hydroxylation is 1. The molecule has 0 amide bonds. The van der Waals surface area contributed by atoms with Crippen molar-refractivity contribution in [1.82, 2.24) is 4.98 Å². The van der Waals surface area contributed by atoms with Crippen LogP contribution in [-0.2, 0) is 11.4 Å². The molecule has 0 unspecified atom stereocenters. The summed E-state index contributed by atoms with van der Waals surface area (Å²) in [6, 6.07) is 16.9. The summed E-state index contributed by atoms with van der Waals surface area (Å²) in [6.07, 6.45) is 3.01. The van der Waals surface area contributed by atoms with Crippen LogP contribution >= 0.6 is 11.3 Å². The molecule has 1 aromatic heterocycles. The molecule has 0 saturated carbocycles. The zero-order valence-electron chi connectivity index (χ0n) is 13.7. The highest BCUT2D eigenvalue weighted by Crippen LogP contribution is 2.19. The quantitative estimate of drug-likeness (QED) is 0.368. The van der Waals surface area contributed by atoms with Gasteiger partial charge < -0.3 is 9.47 Å². The Morgan fingerprint density at radius 1 is 1.08 bits per heavy atom. The van der Waals surface area contributed by atoms with Gasteiger partial charge in [0.2, 0.25) is 0 Å². The molecule has 4 nitrogen and oxygen atoms in total. The molecular formula is C20H17NO3S. The van der Waals surface area contributed by atoms with Crippen LogP contribution in [0.4, 0.5) is 0 Å². The Morgan fingerprint density at radius 3 is 2.48 bits per heavy atom. The Labute approximate surface area is 150 Å². The van der Waals surface area contributed by atoms with E-state index in [0.29, 0.717) is 12.4 Å². The molecule has 3 aromatic rings. The Balaban J connectivity index is 1.51. The summed E-state index contributed by atoms with van der Waals surface area (Å²) in [5.41, 5.74) is 1.85. The SMILES string of the molecule is Cc1nc(/C=C/C(=O)Oc2ccc(OCc3ccccc3)cc2)cs1. The summed E-state index contributed by atoms with van der Waals surface area (Å²) in [6.45, 7) is 2.41. The predicted octanol–water partition coefficient (Wildman–Crippen LogP) is 4.65. The van der Waals surface area contributed by atoms with Gasteiger partial charge in [0.05, 0.1) is 10.7 Å². The molecule has 0 spiro atoms. The van der Waals surface area contributed by atoms with Crippen molar-refractivity contribution in [1.29, 1.82) is 0 Å². The van der Waals surface area contributed by atoms with E-state index < -0.39 is 5.97 Å². The Hall–Kier alpha value is -2.92. The molecule has 126 valence electrons. The van der Waals surface area contributed by atoms with Crippen LogP contribution in [0.2, 0.25) is 0 Å². The van der Waals surface area contributed by atoms with Gasteiger partial charge in [-0.25, -0.2) is 9.78 Å². The number of esters is 1. The first kappa shape index (κ1) is 16.9. The third kappa shape index (κ3) is 5.29. The van der Waals surface area contributed by atoms with Crippen molar-refractivity contribution in [2.45, 2.75) is 13.5 Å². The van der Waals surface area contributed by atoms with E-state index in [1.807, 2.05) is 42.6 Å². The highest BCUT2D eigenvalue weighted by molar-refractivity contribution is 7.09.